The summed E-state index contributed by atoms with van der Waals surface area (Å²) < 4.78 is 2.34. The summed E-state index contributed by atoms with van der Waals surface area (Å²) in [6, 6.07) is 0. The minimum Gasteiger partial charge on any atom is -0.293 e. The maximum absolute atomic E-state index is 10.3. The number of carbonyl (C=O) groups excluding carboxylic acids is 1. The van der Waals surface area contributed by atoms with Crippen molar-refractivity contribution in [3.05, 3.63) is 0 Å². The largest absolute Gasteiger partial charge is 0.293 e. The number of nitrogens with one attached hydrogen (secondary N) is 1. The summed E-state index contributed by atoms with van der Waals surface area (Å²) in [6.07, 6.45) is 1.50. The molecule has 0 aliphatic rings. The molecule has 0 fully saturated rings. The smallest absolute Gasteiger partial charge is 0.229 e. The van der Waals surface area contributed by atoms with E-state index in [0.29, 0.717) is 6.42 Å². The normalized spacial score (nSPS) is 8.29. The fourth-order valence-corrected chi connectivity index (χ4v) is 0.473. The zero-order chi connectivity index (χ0) is 5.70. The first-order valence-electron chi connectivity index (χ1n) is 2.20. The molecule has 0 aliphatic carbocycles. The summed E-state index contributed by atoms with van der Waals surface area (Å²) in [5, 5.41) is 0. The van der Waals surface area contributed by atoms with E-state index in [-0.39, 0.29) is 5.91 Å². The minimum absolute atomic E-state index is 0.0440. The van der Waals surface area contributed by atoms with Gasteiger partial charge in [-0.15, -0.1) is 0 Å². The van der Waals surface area contributed by atoms with Gasteiger partial charge in [0.15, 0.2) is 0 Å². The van der Waals surface area contributed by atoms with Crippen LogP contribution in [0.15, 0.2) is 0 Å². The Morgan fingerprint density at radius 3 is 2.57 bits per heavy atom. The average molecular weight is 166 g/mol. The highest BCUT2D eigenvalue weighted by Gasteiger charge is 1.91. The van der Waals surface area contributed by atoms with Gasteiger partial charge >= 0.3 is 0 Å². The van der Waals surface area contributed by atoms with E-state index in [9.17, 15) is 4.79 Å². The van der Waals surface area contributed by atoms with E-state index in [2.05, 4.69) is 20.5 Å². The van der Waals surface area contributed by atoms with Crippen LogP contribution in [0.2, 0.25) is 0 Å². The third-order valence-corrected chi connectivity index (χ3v) is 1.02. The number of hydrogen-bond donors (Lipinski definition) is 1. The molecule has 2 nitrogen and oxygen atoms in total. The molecule has 42 valence electrons. The monoisotopic (exact) mass is 165 g/mol. The van der Waals surface area contributed by atoms with Crippen LogP contribution < -0.4 is 4.34 Å². The van der Waals surface area contributed by atoms with Gasteiger partial charge in [0.2, 0.25) is 5.91 Å². The molecule has 7 heavy (non-hydrogen) atoms. The Balaban J connectivity index is 3.00. The molecule has 0 aliphatic heterocycles. The maximum Gasteiger partial charge on any atom is 0.229 e. The molecule has 0 rings (SSSR count). The first-order valence-corrected chi connectivity index (χ1v) is 3.00. The van der Waals surface area contributed by atoms with Crippen LogP contribution in [0.4, 0.5) is 0 Å². The fourth-order valence-electron chi connectivity index (χ4n) is 0.274. The molecule has 0 saturated heterocycles. The van der Waals surface area contributed by atoms with Crippen molar-refractivity contribution < 1.29 is 4.79 Å². The fraction of sp³-hybridized carbons (Fsp3) is 0.750. The van der Waals surface area contributed by atoms with Crippen LogP contribution >= 0.6 is 16.1 Å². The van der Waals surface area contributed by atoms with Crippen LogP contribution in [0.1, 0.15) is 19.8 Å². The van der Waals surface area contributed by atoms with Gasteiger partial charge in [0.25, 0.3) is 0 Å². The summed E-state index contributed by atoms with van der Waals surface area (Å²) in [5.74, 6) is 0.0440. The van der Waals surface area contributed by atoms with Crippen LogP contribution in [0.5, 0.6) is 0 Å². The van der Waals surface area contributed by atoms with Crippen LogP contribution in [0.25, 0.3) is 0 Å². The molecule has 0 radical (unpaired) electrons. The number of halogens is 1. The van der Waals surface area contributed by atoms with Crippen LogP contribution in [-0.4, -0.2) is 5.91 Å². The van der Waals surface area contributed by atoms with Crippen molar-refractivity contribution in [3.8, 4) is 0 Å². The summed E-state index contributed by atoms with van der Waals surface area (Å²) in [7, 11) is 0. The van der Waals surface area contributed by atoms with Crippen molar-refractivity contribution in [3.63, 3.8) is 0 Å². The first-order chi connectivity index (χ1) is 3.31. The van der Waals surface area contributed by atoms with Crippen molar-refractivity contribution in [2.24, 2.45) is 0 Å². The van der Waals surface area contributed by atoms with Gasteiger partial charge in [0.05, 0.1) is 0 Å². The Morgan fingerprint density at radius 1 is 1.86 bits per heavy atom. The predicted molar refractivity (Wildman–Crippen MR) is 32.0 cm³/mol. The highest BCUT2D eigenvalue weighted by molar-refractivity contribution is 9.08. The lowest BCUT2D eigenvalue weighted by molar-refractivity contribution is -0.119. The van der Waals surface area contributed by atoms with Crippen molar-refractivity contribution >= 4 is 22.1 Å². The highest BCUT2D eigenvalue weighted by atomic mass is 79.9. The van der Waals surface area contributed by atoms with E-state index in [1.54, 1.807) is 0 Å². The lowest BCUT2D eigenvalue weighted by Gasteiger charge is -1.89. The summed E-state index contributed by atoms with van der Waals surface area (Å²) >= 11 is 2.82. The molecular formula is C4H8BrNO. The number of carbonyl (C=O) groups is 1. The predicted octanol–water partition coefficient (Wildman–Crippen LogP) is 1.21. The van der Waals surface area contributed by atoms with Crippen molar-refractivity contribution in [2.45, 2.75) is 19.8 Å². The topological polar surface area (TPSA) is 29.1 Å². The third-order valence-electron chi connectivity index (χ3n) is 0.582. The molecule has 0 saturated carbocycles. The van der Waals surface area contributed by atoms with Crippen molar-refractivity contribution in [2.75, 3.05) is 0 Å². The molecule has 0 bridgehead atoms. The molecule has 0 spiro atoms. The quantitative estimate of drug-likeness (QED) is 0.613. The Labute approximate surface area is 51.6 Å². The zero-order valence-corrected chi connectivity index (χ0v) is 5.79. The van der Waals surface area contributed by atoms with Crippen LogP contribution in [0.3, 0.4) is 0 Å². The van der Waals surface area contributed by atoms with Gasteiger partial charge < -0.3 is 0 Å². The van der Waals surface area contributed by atoms with E-state index >= 15 is 0 Å². The average Bonchev–Trinajstić information content (AvgIpc) is 1.68. The molecule has 0 aromatic heterocycles. The second-order valence-electron chi connectivity index (χ2n) is 1.27. The summed E-state index contributed by atoms with van der Waals surface area (Å²) in [6.45, 7) is 1.96. The second-order valence-corrected chi connectivity index (χ2v) is 1.66. The molecule has 0 aromatic rings. The van der Waals surface area contributed by atoms with Crippen molar-refractivity contribution in [1.29, 1.82) is 0 Å². The minimum atomic E-state index is 0.0440. The van der Waals surface area contributed by atoms with E-state index in [4.69, 9.17) is 0 Å². The standard InChI is InChI=1S/C4H8BrNO/c1-2-3-4(7)6-5/h2-3H2,1H3,(H,6,7). The van der Waals surface area contributed by atoms with Gasteiger partial charge in [-0.25, -0.2) is 0 Å². The van der Waals surface area contributed by atoms with Gasteiger partial charge in [-0.2, -0.15) is 0 Å². The SMILES string of the molecule is CCCC(=O)NBr. The summed E-state index contributed by atoms with van der Waals surface area (Å²) in [5.41, 5.74) is 0. The maximum atomic E-state index is 10.3. The molecule has 0 aromatic carbocycles. The lowest BCUT2D eigenvalue weighted by atomic mass is 10.3. The van der Waals surface area contributed by atoms with Gasteiger partial charge in [0.1, 0.15) is 0 Å². The highest BCUT2D eigenvalue weighted by Crippen LogP contribution is 1.85. The molecule has 0 heterocycles. The third kappa shape index (κ3) is 3.79. The van der Waals surface area contributed by atoms with Gasteiger partial charge in [-0.05, 0) is 6.42 Å². The molecule has 0 atom stereocenters. The Bertz CT molecular complexity index is 64.7. The van der Waals surface area contributed by atoms with Crippen LogP contribution in [0, 0.1) is 0 Å². The Morgan fingerprint density at radius 2 is 2.43 bits per heavy atom. The molecule has 1 N–H and O–H groups in total. The Hall–Kier alpha value is -0.0500. The molecule has 1 amide bonds. The number of rotatable bonds is 2. The van der Waals surface area contributed by atoms with E-state index < -0.39 is 0 Å². The number of amides is 1. The molecular weight excluding hydrogens is 158 g/mol. The number of hydrogen-bond acceptors (Lipinski definition) is 1. The lowest BCUT2D eigenvalue weighted by Crippen LogP contribution is -2.09. The Kier molecular flexibility index (Phi) is 4.09. The zero-order valence-electron chi connectivity index (χ0n) is 4.20. The summed E-state index contributed by atoms with van der Waals surface area (Å²) in [4.78, 5) is 10.3. The van der Waals surface area contributed by atoms with E-state index in [0.717, 1.165) is 6.42 Å². The van der Waals surface area contributed by atoms with Crippen molar-refractivity contribution in [1.82, 2.24) is 4.34 Å². The van der Waals surface area contributed by atoms with Crippen LogP contribution in [-0.2, 0) is 4.79 Å². The molecule has 3 heteroatoms. The second kappa shape index (κ2) is 4.12. The first kappa shape index (κ1) is 6.95. The molecule has 0 unspecified atom stereocenters. The van der Waals surface area contributed by atoms with Gasteiger partial charge in [0, 0.05) is 22.6 Å². The van der Waals surface area contributed by atoms with E-state index in [1.807, 2.05) is 6.92 Å². The van der Waals surface area contributed by atoms with Gasteiger partial charge in [-0.3, -0.25) is 9.14 Å². The van der Waals surface area contributed by atoms with Gasteiger partial charge in [-0.1, -0.05) is 6.92 Å². The van der Waals surface area contributed by atoms with E-state index in [1.165, 1.54) is 0 Å².